The molecule has 0 aliphatic carbocycles. The quantitative estimate of drug-likeness (QED) is 0.860. The van der Waals surface area contributed by atoms with Crippen LogP contribution in [0.3, 0.4) is 0 Å². The van der Waals surface area contributed by atoms with Crippen LogP contribution in [0.2, 0.25) is 0 Å². The number of carbonyl (C=O) groups excluding carboxylic acids is 1. The number of hydrogen-bond acceptors (Lipinski definition) is 4. The van der Waals surface area contributed by atoms with Crippen LogP contribution in [0.15, 0.2) is 30.3 Å². The van der Waals surface area contributed by atoms with E-state index in [1.54, 1.807) is 4.90 Å². The highest BCUT2D eigenvalue weighted by atomic mass is 16.2. The number of benzene rings is 1. The van der Waals surface area contributed by atoms with Gasteiger partial charge in [-0.15, -0.1) is 10.2 Å². The van der Waals surface area contributed by atoms with Gasteiger partial charge in [-0.1, -0.05) is 37.3 Å². The van der Waals surface area contributed by atoms with Crippen molar-refractivity contribution in [2.75, 3.05) is 6.54 Å². The van der Waals surface area contributed by atoms with Gasteiger partial charge in [0.25, 0.3) is 11.7 Å². The number of rotatable bonds is 5. The van der Waals surface area contributed by atoms with Gasteiger partial charge in [-0.2, -0.15) is 5.21 Å². The molecule has 2 rings (SSSR count). The van der Waals surface area contributed by atoms with Gasteiger partial charge < -0.3 is 4.90 Å². The van der Waals surface area contributed by atoms with E-state index in [4.69, 9.17) is 0 Å². The van der Waals surface area contributed by atoms with Gasteiger partial charge in [0, 0.05) is 13.1 Å². The Morgan fingerprint density at radius 3 is 2.72 bits per heavy atom. The van der Waals surface area contributed by atoms with Gasteiger partial charge in [-0.25, -0.2) is 0 Å². The number of nitrogens with zero attached hydrogens (tertiary/aromatic N) is 4. The normalized spacial score (nSPS) is 10.3. The number of aromatic amines is 1. The molecule has 0 atom stereocenters. The van der Waals surface area contributed by atoms with Crippen molar-refractivity contribution in [3.05, 3.63) is 41.7 Å². The topological polar surface area (TPSA) is 74.8 Å². The molecule has 0 unspecified atom stereocenters. The zero-order chi connectivity index (χ0) is 12.8. The molecule has 0 radical (unpaired) electrons. The molecule has 1 amide bonds. The summed E-state index contributed by atoms with van der Waals surface area (Å²) in [5.41, 5.74) is 1.09. The lowest BCUT2D eigenvalue weighted by Crippen LogP contribution is -2.32. The molecule has 6 nitrogen and oxygen atoms in total. The highest BCUT2D eigenvalue weighted by Crippen LogP contribution is 2.07. The van der Waals surface area contributed by atoms with Gasteiger partial charge in [0.05, 0.1) is 0 Å². The monoisotopic (exact) mass is 245 g/mol. The fourth-order valence-corrected chi connectivity index (χ4v) is 1.72. The van der Waals surface area contributed by atoms with E-state index in [-0.39, 0.29) is 11.7 Å². The summed E-state index contributed by atoms with van der Waals surface area (Å²) < 4.78 is 0. The minimum Gasteiger partial charge on any atom is -0.331 e. The van der Waals surface area contributed by atoms with Crippen LogP contribution in [0.4, 0.5) is 0 Å². The minimum atomic E-state index is -0.200. The Hall–Kier alpha value is -2.24. The van der Waals surface area contributed by atoms with Crippen LogP contribution in [0.5, 0.6) is 0 Å². The van der Waals surface area contributed by atoms with Crippen LogP contribution in [-0.2, 0) is 6.54 Å². The molecule has 0 spiro atoms. The predicted octanol–water partition coefficient (Wildman–Crippen LogP) is 1.25. The van der Waals surface area contributed by atoms with Crippen LogP contribution in [0.1, 0.15) is 29.5 Å². The smallest absolute Gasteiger partial charge is 0.295 e. The van der Waals surface area contributed by atoms with Gasteiger partial charge in [0.15, 0.2) is 0 Å². The first-order valence-corrected chi connectivity index (χ1v) is 5.88. The molecule has 2 aromatic rings. The molecule has 0 saturated heterocycles. The van der Waals surface area contributed by atoms with Crippen LogP contribution in [0, 0.1) is 0 Å². The fourth-order valence-electron chi connectivity index (χ4n) is 1.72. The molecule has 0 aliphatic heterocycles. The number of tetrazole rings is 1. The summed E-state index contributed by atoms with van der Waals surface area (Å²) in [6.45, 7) is 3.26. The van der Waals surface area contributed by atoms with Crippen molar-refractivity contribution >= 4 is 5.91 Å². The zero-order valence-electron chi connectivity index (χ0n) is 10.2. The zero-order valence-corrected chi connectivity index (χ0v) is 10.2. The first-order chi connectivity index (χ1) is 8.81. The number of amides is 1. The summed E-state index contributed by atoms with van der Waals surface area (Å²) in [6, 6.07) is 9.85. The van der Waals surface area contributed by atoms with Crippen molar-refractivity contribution in [3.8, 4) is 0 Å². The molecule has 0 fully saturated rings. The Labute approximate surface area is 105 Å². The maximum Gasteiger partial charge on any atom is 0.295 e. The van der Waals surface area contributed by atoms with Crippen LogP contribution in [-0.4, -0.2) is 38.0 Å². The van der Waals surface area contributed by atoms with E-state index in [0.29, 0.717) is 13.1 Å². The van der Waals surface area contributed by atoms with Gasteiger partial charge in [0.1, 0.15) is 0 Å². The van der Waals surface area contributed by atoms with E-state index in [1.165, 1.54) is 0 Å². The van der Waals surface area contributed by atoms with E-state index in [9.17, 15) is 4.79 Å². The number of nitrogens with one attached hydrogen (secondary N) is 1. The molecule has 0 bridgehead atoms. The number of H-pyrrole nitrogens is 1. The Kier molecular flexibility index (Phi) is 4.01. The van der Waals surface area contributed by atoms with Crippen molar-refractivity contribution in [3.63, 3.8) is 0 Å². The summed E-state index contributed by atoms with van der Waals surface area (Å²) >= 11 is 0. The molecule has 94 valence electrons. The molecule has 0 aliphatic rings. The molecule has 0 saturated carbocycles. The van der Waals surface area contributed by atoms with Crippen molar-refractivity contribution < 1.29 is 4.79 Å². The maximum atomic E-state index is 12.1. The summed E-state index contributed by atoms with van der Waals surface area (Å²) in [5, 5.41) is 13.1. The van der Waals surface area contributed by atoms with Gasteiger partial charge >= 0.3 is 0 Å². The largest absolute Gasteiger partial charge is 0.331 e. The van der Waals surface area contributed by atoms with E-state index in [2.05, 4.69) is 20.6 Å². The van der Waals surface area contributed by atoms with E-state index >= 15 is 0 Å². The van der Waals surface area contributed by atoms with Gasteiger partial charge in [-0.05, 0) is 17.2 Å². The Balaban J connectivity index is 2.11. The summed E-state index contributed by atoms with van der Waals surface area (Å²) in [5.74, 6) is -0.0890. The van der Waals surface area contributed by atoms with Gasteiger partial charge in [-0.3, -0.25) is 4.79 Å². The first-order valence-electron chi connectivity index (χ1n) is 5.88. The van der Waals surface area contributed by atoms with Crippen LogP contribution in [0.25, 0.3) is 0 Å². The number of aromatic nitrogens is 4. The molecule has 6 heteroatoms. The molecular weight excluding hydrogens is 230 g/mol. The van der Waals surface area contributed by atoms with Crippen molar-refractivity contribution in [1.82, 2.24) is 25.5 Å². The molecule has 1 N–H and O–H groups in total. The molecule has 1 aromatic heterocycles. The number of hydrogen-bond donors (Lipinski definition) is 1. The fraction of sp³-hybridized carbons (Fsp3) is 0.333. The van der Waals surface area contributed by atoms with Crippen molar-refractivity contribution in [1.29, 1.82) is 0 Å². The van der Waals surface area contributed by atoms with E-state index in [1.807, 2.05) is 37.3 Å². The summed E-state index contributed by atoms with van der Waals surface area (Å²) in [4.78, 5) is 13.9. The lowest BCUT2D eigenvalue weighted by atomic mass is 10.2. The third-order valence-corrected chi connectivity index (χ3v) is 2.53. The molecular formula is C12H15N5O. The highest BCUT2D eigenvalue weighted by molar-refractivity contribution is 5.90. The summed E-state index contributed by atoms with van der Waals surface area (Å²) in [7, 11) is 0. The second kappa shape index (κ2) is 5.90. The maximum absolute atomic E-state index is 12.1. The molecule has 1 aromatic carbocycles. The average Bonchev–Trinajstić information content (AvgIpc) is 2.92. The standard InChI is InChI=1S/C12H15N5O/c1-2-8-17(9-10-6-4-3-5-7-10)12(18)11-13-15-16-14-11/h3-7H,2,8-9H2,1H3,(H,13,14,15,16). The molecule has 1 heterocycles. The third-order valence-electron chi connectivity index (χ3n) is 2.53. The summed E-state index contributed by atoms with van der Waals surface area (Å²) in [6.07, 6.45) is 0.885. The van der Waals surface area contributed by atoms with E-state index < -0.39 is 0 Å². The Morgan fingerprint density at radius 2 is 2.11 bits per heavy atom. The van der Waals surface area contributed by atoms with Crippen molar-refractivity contribution in [2.45, 2.75) is 19.9 Å². The minimum absolute atomic E-state index is 0.111. The van der Waals surface area contributed by atoms with E-state index in [0.717, 1.165) is 12.0 Å². The second-order valence-corrected chi connectivity index (χ2v) is 3.95. The van der Waals surface area contributed by atoms with Gasteiger partial charge in [0.2, 0.25) is 0 Å². The third kappa shape index (κ3) is 2.91. The second-order valence-electron chi connectivity index (χ2n) is 3.95. The Morgan fingerprint density at radius 1 is 1.33 bits per heavy atom. The number of carbonyl (C=O) groups is 1. The van der Waals surface area contributed by atoms with Crippen LogP contribution >= 0.6 is 0 Å². The lowest BCUT2D eigenvalue weighted by Gasteiger charge is -2.20. The predicted molar refractivity (Wildman–Crippen MR) is 65.7 cm³/mol. The lowest BCUT2D eigenvalue weighted by molar-refractivity contribution is 0.0731. The average molecular weight is 245 g/mol. The van der Waals surface area contributed by atoms with Crippen molar-refractivity contribution in [2.24, 2.45) is 0 Å². The molecule has 18 heavy (non-hydrogen) atoms. The highest BCUT2D eigenvalue weighted by Gasteiger charge is 2.19. The first kappa shape index (κ1) is 12.2. The Bertz CT molecular complexity index is 482. The SMILES string of the molecule is CCCN(Cc1ccccc1)C(=O)c1nn[nH]n1. The van der Waals surface area contributed by atoms with Crippen LogP contribution < -0.4 is 0 Å².